The third-order valence-electron chi connectivity index (χ3n) is 3.31. The number of anilines is 1. The van der Waals surface area contributed by atoms with Crippen LogP contribution < -0.4 is 10.6 Å². The molecule has 0 atom stereocenters. The zero-order chi connectivity index (χ0) is 13.2. The predicted octanol–water partition coefficient (Wildman–Crippen LogP) is 3.94. The van der Waals surface area contributed by atoms with Crippen LogP contribution in [-0.2, 0) is 6.54 Å². The van der Waals surface area contributed by atoms with E-state index in [1.807, 2.05) is 0 Å². The molecule has 1 aromatic carbocycles. The summed E-state index contributed by atoms with van der Waals surface area (Å²) in [5.41, 5.74) is 8.18. The van der Waals surface area contributed by atoms with Crippen LogP contribution in [-0.4, -0.2) is 13.1 Å². The van der Waals surface area contributed by atoms with Crippen LogP contribution >= 0.6 is 0 Å². The Hall–Kier alpha value is -1.02. The molecule has 0 aromatic heterocycles. The minimum absolute atomic E-state index is 0.630. The lowest BCUT2D eigenvalue weighted by Crippen LogP contribution is -2.25. The number of nitrogens with two attached hydrogens (primary N) is 1. The van der Waals surface area contributed by atoms with Crippen molar-refractivity contribution in [1.82, 2.24) is 0 Å². The Kier molecular flexibility index (Phi) is 7.51. The highest BCUT2D eigenvalue weighted by atomic mass is 15.1. The Labute approximate surface area is 112 Å². The molecule has 0 fully saturated rings. The maximum absolute atomic E-state index is 5.63. The lowest BCUT2D eigenvalue weighted by molar-refractivity contribution is 0.639. The van der Waals surface area contributed by atoms with Gasteiger partial charge < -0.3 is 10.6 Å². The third-order valence-corrected chi connectivity index (χ3v) is 3.31. The predicted molar refractivity (Wildman–Crippen MR) is 81.0 cm³/mol. The summed E-state index contributed by atoms with van der Waals surface area (Å²) >= 11 is 0. The standard InChI is InChI=1S/C16H28N2/c1-3-5-6-7-13-18(12-4-2)16-10-8-15(14-17)9-11-16/h8-11H,3-7,12-14,17H2,1-2H3. The van der Waals surface area contributed by atoms with Crippen LogP contribution in [0.5, 0.6) is 0 Å². The van der Waals surface area contributed by atoms with Crippen LogP contribution in [0.25, 0.3) is 0 Å². The Bertz CT molecular complexity index is 305. The number of hydrogen-bond acceptors (Lipinski definition) is 2. The molecular weight excluding hydrogens is 220 g/mol. The van der Waals surface area contributed by atoms with Crippen LogP contribution in [0.3, 0.4) is 0 Å². The van der Waals surface area contributed by atoms with Gasteiger partial charge in [-0.25, -0.2) is 0 Å². The quantitative estimate of drug-likeness (QED) is 0.671. The second-order valence-electron chi connectivity index (χ2n) is 4.92. The van der Waals surface area contributed by atoms with Gasteiger partial charge in [0.05, 0.1) is 0 Å². The van der Waals surface area contributed by atoms with Crippen LogP contribution in [0.4, 0.5) is 5.69 Å². The molecule has 0 aliphatic heterocycles. The first-order valence-corrected chi connectivity index (χ1v) is 7.35. The van der Waals surface area contributed by atoms with Gasteiger partial charge in [-0.15, -0.1) is 0 Å². The van der Waals surface area contributed by atoms with Gasteiger partial charge in [-0.2, -0.15) is 0 Å². The molecule has 0 saturated carbocycles. The molecule has 1 rings (SSSR count). The van der Waals surface area contributed by atoms with E-state index in [0.29, 0.717) is 6.54 Å². The van der Waals surface area contributed by atoms with Gasteiger partial charge in [0.1, 0.15) is 0 Å². The maximum atomic E-state index is 5.63. The molecule has 2 nitrogen and oxygen atoms in total. The molecule has 0 amide bonds. The van der Waals surface area contributed by atoms with E-state index in [1.54, 1.807) is 0 Å². The summed E-state index contributed by atoms with van der Waals surface area (Å²) in [6.45, 7) is 7.46. The zero-order valence-corrected chi connectivity index (χ0v) is 12.0. The highest BCUT2D eigenvalue weighted by Crippen LogP contribution is 2.16. The van der Waals surface area contributed by atoms with Crippen molar-refractivity contribution in [3.63, 3.8) is 0 Å². The minimum Gasteiger partial charge on any atom is -0.372 e. The molecule has 0 radical (unpaired) electrons. The lowest BCUT2D eigenvalue weighted by atomic mass is 10.1. The number of nitrogens with zero attached hydrogens (tertiary/aromatic N) is 1. The van der Waals surface area contributed by atoms with E-state index in [0.717, 1.165) is 6.54 Å². The Morgan fingerprint density at radius 2 is 1.61 bits per heavy atom. The minimum atomic E-state index is 0.630. The molecule has 0 aliphatic rings. The molecule has 18 heavy (non-hydrogen) atoms. The van der Waals surface area contributed by atoms with Crippen molar-refractivity contribution in [3.8, 4) is 0 Å². The van der Waals surface area contributed by atoms with E-state index >= 15 is 0 Å². The SMILES string of the molecule is CCCCCCN(CCC)c1ccc(CN)cc1. The second-order valence-corrected chi connectivity index (χ2v) is 4.92. The fourth-order valence-electron chi connectivity index (χ4n) is 2.21. The average Bonchev–Trinajstić information content (AvgIpc) is 2.42. The van der Waals surface area contributed by atoms with E-state index in [4.69, 9.17) is 5.73 Å². The van der Waals surface area contributed by atoms with Crippen LogP contribution in [0.1, 0.15) is 51.5 Å². The Morgan fingerprint density at radius 1 is 0.889 bits per heavy atom. The number of hydrogen-bond donors (Lipinski definition) is 1. The summed E-state index contributed by atoms with van der Waals surface area (Å²) in [5.74, 6) is 0. The van der Waals surface area contributed by atoms with Crippen LogP contribution in [0.2, 0.25) is 0 Å². The van der Waals surface area contributed by atoms with E-state index in [1.165, 1.54) is 49.9 Å². The Morgan fingerprint density at radius 3 is 2.17 bits per heavy atom. The molecule has 0 aliphatic carbocycles. The monoisotopic (exact) mass is 248 g/mol. The van der Waals surface area contributed by atoms with Gasteiger partial charge in [-0.3, -0.25) is 0 Å². The average molecular weight is 248 g/mol. The molecule has 0 heterocycles. The van der Waals surface area contributed by atoms with Crippen molar-refractivity contribution in [1.29, 1.82) is 0 Å². The summed E-state index contributed by atoms with van der Waals surface area (Å²) in [6, 6.07) is 8.70. The molecular formula is C16H28N2. The number of benzene rings is 1. The summed E-state index contributed by atoms with van der Waals surface area (Å²) in [4.78, 5) is 2.50. The molecule has 0 unspecified atom stereocenters. The van der Waals surface area contributed by atoms with Crippen molar-refractivity contribution >= 4 is 5.69 Å². The number of unbranched alkanes of at least 4 members (excludes halogenated alkanes) is 3. The van der Waals surface area contributed by atoms with Crippen molar-refractivity contribution < 1.29 is 0 Å². The van der Waals surface area contributed by atoms with E-state index in [9.17, 15) is 0 Å². The fraction of sp³-hybridized carbons (Fsp3) is 0.625. The lowest BCUT2D eigenvalue weighted by Gasteiger charge is -2.24. The third kappa shape index (κ3) is 5.09. The van der Waals surface area contributed by atoms with Gasteiger partial charge in [0.25, 0.3) is 0 Å². The van der Waals surface area contributed by atoms with Crippen molar-refractivity contribution in [2.24, 2.45) is 5.73 Å². The second kappa shape index (κ2) is 8.98. The summed E-state index contributed by atoms with van der Waals surface area (Å²) in [7, 11) is 0. The Balaban J connectivity index is 2.53. The van der Waals surface area contributed by atoms with Gasteiger partial charge >= 0.3 is 0 Å². The molecule has 2 heteroatoms. The van der Waals surface area contributed by atoms with Gasteiger partial charge in [0.15, 0.2) is 0 Å². The van der Waals surface area contributed by atoms with Gasteiger partial charge in [-0.05, 0) is 30.5 Å². The van der Waals surface area contributed by atoms with E-state index in [2.05, 4.69) is 43.0 Å². The molecule has 1 aromatic rings. The van der Waals surface area contributed by atoms with Crippen molar-refractivity contribution in [3.05, 3.63) is 29.8 Å². The van der Waals surface area contributed by atoms with E-state index < -0.39 is 0 Å². The van der Waals surface area contributed by atoms with Gasteiger partial charge in [0.2, 0.25) is 0 Å². The van der Waals surface area contributed by atoms with Gasteiger partial charge in [0, 0.05) is 25.3 Å². The first-order chi connectivity index (χ1) is 8.81. The largest absolute Gasteiger partial charge is 0.372 e. The molecule has 0 saturated heterocycles. The summed E-state index contributed by atoms with van der Waals surface area (Å²) < 4.78 is 0. The molecule has 0 spiro atoms. The van der Waals surface area contributed by atoms with E-state index in [-0.39, 0.29) is 0 Å². The summed E-state index contributed by atoms with van der Waals surface area (Å²) in [5, 5.41) is 0. The molecule has 102 valence electrons. The van der Waals surface area contributed by atoms with Crippen molar-refractivity contribution in [2.75, 3.05) is 18.0 Å². The van der Waals surface area contributed by atoms with Crippen molar-refractivity contribution in [2.45, 2.75) is 52.5 Å². The normalized spacial score (nSPS) is 10.6. The highest BCUT2D eigenvalue weighted by Gasteiger charge is 2.04. The smallest absolute Gasteiger partial charge is 0.0366 e. The van der Waals surface area contributed by atoms with Crippen LogP contribution in [0.15, 0.2) is 24.3 Å². The maximum Gasteiger partial charge on any atom is 0.0366 e. The topological polar surface area (TPSA) is 29.3 Å². The zero-order valence-electron chi connectivity index (χ0n) is 12.0. The summed E-state index contributed by atoms with van der Waals surface area (Å²) in [6.07, 6.45) is 6.50. The molecule has 2 N–H and O–H groups in total. The van der Waals surface area contributed by atoms with Gasteiger partial charge in [-0.1, -0.05) is 45.2 Å². The molecule has 0 bridgehead atoms. The number of rotatable bonds is 9. The highest BCUT2D eigenvalue weighted by molar-refractivity contribution is 5.47. The fourth-order valence-corrected chi connectivity index (χ4v) is 2.21. The first kappa shape index (κ1) is 15.0. The first-order valence-electron chi connectivity index (χ1n) is 7.35. The van der Waals surface area contributed by atoms with Crippen LogP contribution in [0, 0.1) is 0 Å².